The van der Waals surface area contributed by atoms with Crippen molar-refractivity contribution in [2.75, 3.05) is 14.1 Å². The molecule has 0 atom stereocenters. The third-order valence-corrected chi connectivity index (χ3v) is 1.34. The van der Waals surface area contributed by atoms with Gasteiger partial charge in [0.2, 0.25) is 0 Å². The second kappa shape index (κ2) is 9.78. The van der Waals surface area contributed by atoms with Crippen LogP contribution in [0, 0.1) is 7.43 Å². The number of benzene rings is 1. The van der Waals surface area contributed by atoms with Gasteiger partial charge in [-0.05, 0) is 19.7 Å². The van der Waals surface area contributed by atoms with Crippen LogP contribution in [0.1, 0.15) is 5.56 Å². The molecule has 0 bridgehead atoms. The van der Waals surface area contributed by atoms with E-state index in [2.05, 4.69) is 43.3 Å². The third-order valence-electron chi connectivity index (χ3n) is 1.34. The SMILES string of the molecule is CN(C)Cc1ccccc1.[CH3-].[O]=[Re](=[O])=[O]. The summed E-state index contributed by atoms with van der Waals surface area (Å²) in [6.45, 7) is 1.03. The first-order valence-corrected chi connectivity index (χ1v) is 7.26. The van der Waals surface area contributed by atoms with Crippen LogP contribution in [-0.2, 0) is 33.6 Å². The fraction of sp³-hybridized carbons (Fsp3) is 0.300. The van der Waals surface area contributed by atoms with Crippen molar-refractivity contribution >= 4 is 0 Å². The molecule has 0 unspecified atom stereocenters. The van der Waals surface area contributed by atoms with Gasteiger partial charge in [0, 0.05) is 6.54 Å². The Labute approximate surface area is 96.1 Å². The molecule has 0 spiro atoms. The summed E-state index contributed by atoms with van der Waals surface area (Å²) in [5.41, 5.74) is 1.37. The van der Waals surface area contributed by atoms with Crippen LogP contribution >= 0.6 is 0 Å². The van der Waals surface area contributed by atoms with Crippen LogP contribution in [0.3, 0.4) is 0 Å². The maximum atomic E-state index is 8.60. The van der Waals surface area contributed by atoms with Gasteiger partial charge in [-0.1, -0.05) is 30.3 Å². The topological polar surface area (TPSA) is 54.5 Å². The van der Waals surface area contributed by atoms with Crippen molar-refractivity contribution in [2.45, 2.75) is 6.54 Å². The Morgan fingerprint density at radius 1 is 1.07 bits per heavy atom. The van der Waals surface area contributed by atoms with Crippen LogP contribution in [0.15, 0.2) is 30.3 Å². The van der Waals surface area contributed by atoms with E-state index < -0.39 is 16.6 Å². The molecule has 0 aromatic heterocycles. The van der Waals surface area contributed by atoms with Crippen LogP contribution in [0.4, 0.5) is 0 Å². The average Bonchev–Trinajstić information content (AvgIpc) is 2.03. The van der Waals surface area contributed by atoms with Crippen molar-refractivity contribution in [3.63, 3.8) is 0 Å². The molecular weight excluding hydrogens is 368 g/mol. The minimum atomic E-state index is -4.21. The number of rotatable bonds is 2. The molecule has 0 amide bonds. The van der Waals surface area contributed by atoms with E-state index in [-0.39, 0.29) is 7.43 Å². The molecule has 0 aliphatic carbocycles. The zero-order valence-corrected chi connectivity index (χ0v) is 11.9. The van der Waals surface area contributed by atoms with Crippen molar-refractivity contribution in [3.8, 4) is 0 Å². The van der Waals surface area contributed by atoms with Gasteiger partial charge < -0.3 is 12.3 Å². The molecule has 0 saturated heterocycles. The molecule has 0 aliphatic heterocycles. The molecule has 0 heterocycles. The minimum absolute atomic E-state index is 0. The first-order chi connectivity index (χ1) is 6.52. The fourth-order valence-corrected chi connectivity index (χ4v) is 0.949. The van der Waals surface area contributed by atoms with Crippen LogP contribution in [0.5, 0.6) is 0 Å². The average molecular weight is 384 g/mol. The van der Waals surface area contributed by atoms with Crippen molar-refractivity contribution in [1.29, 1.82) is 0 Å². The van der Waals surface area contributed by atoms with Crippen molar-refractivity contribution in [2.24, 2.45) is 0 Å². The predicted octanol–water partition coefficient (Wildman–Crippen LogP) is 1.84. The summed E-state index contributed by atoms with van der Waals surface area (Å²) in [5, 5.41) is 0. The van der Waals surface area contributed by atoms with E-state index in [0.29, 0.717) is 0 Å². The van der Waals surface area contributed by atoms with Crippen molar-refractivity contribution < 1.29 is 27.0 Å². The summed E-state index contributed by atoms with van der Waals surface area (Å²) in [7, 11) is 4.15. The van der Waals surface area contributed by atoms with Crippen molar-refractivity contribution in [1.82, 2.24) is 4.90 Å². The standard InChI is InChI=1S/C9H13N.CH3.3O.Re/c1-10(2)8-9-6-4-3-5-7-9;;;;;/h3-7H,8H2,1-2H3;1H3;;;;/q;-1;;;;. The van der Waals surface area contributed by atoms with Gasteiger partial charge in [-0.25, -0.2) is 0 Å². The van der Waals surface area contributed by atoms with E-state index in [0.717, 1.165) is 6.54 Å². The predicted molar refractivity (Wildman–Crippen MR) is 52.3 cm³/mol. The van der Waals surface area contributed by atoms with Gasteiger partial charge in [-0.3, -0.25) is 0 Å². The van der Waals surface area contributed by atoms with Gasteiger partial charge in [0.15, 0.2) is 0 Å². The summed E-state index contributed by atoms with van der Waals surface area (Å²) < 4.78 is 25.8. The molecule has 15 heavy (non-hydrogen) atoms. The molecule has 0 saturated carbocycles. The molecule has 0 radical (unpaired) electrons. The van der Waals surface area contributed by atoms with E-state index in [9.17, 15) is 0 Å². The molecule has 4 nitrogen and oxygen atoms in total. The van der Waals surface area contributed by atoms with Crippen molar-refractivity contribution in [3.05, 3.63) is 43.3 Å². The van der Waals surface area contributed by atoms with Crippen LogP contribution in [0.25, 0.3) is 0 Å². The summed E-state index contributed by atoms with van der Waals surface area (Å²) in [6, 6.07) is 10.5. The Morgan fingerprint density at radius 2 is 1.47 bits per heavy atom. The van der Waals surface area contributed by atoms with Crippen LogP contribution in [-0.4, -0.2) is 19.0 Å². The monoisotopic (exact) mass is 385 g/mol. The normalized spacial score (nSPS) is 8.47. The number of hydrogen-bond donors (Lipinski definition) is 0. The molecule has 0 fully saturated rings. The van der Waals surface area contributed by atoms with E-state index in [1.807, 2.05) is 6.07 Å². The summed E-state index contributed by atoms with van der Waals surface area (Å²) in [4.78, 5) is 2.16. The van der Waals surface area contributed by atoms with Crippen LogP contribution in [0.2, 0.25) is 0 Å². The van der Waals surface area contributed by atoms with Gasteiger partial charge in [0.25, 0.3) is 0 Å². The third kappa shape index (κ3) is 13.2. The Balaban J connectivity index is 0. The van der Waals surface area contributed by atoms with E-state index in [1.165, 1.54) is 5.56 Å². The second-order valence-corrected chi connectivity index (χ2v) is 4.27. The Kier molecular flexibility index (Phi) is 10.9. The molecule has 1 aromatic rings. The molecular formula is C10H16NO3Re-. The van der Waals surface area contributed by atoms with Gasteiger partial charge in [-0.15, -0.1) is 0 Å². The molecule has 0 aliphatic rings. The van der Waals surface area contributed by atoms with E-state index in [1.54, 1.807) is 0 Å². The van der Waals surface area contributed by atoms with Crippen LogP contribution < -0.4 is 0 Å². The Bertz CT molecular complexity index is 338. The summed E-state index contributed by atoms with van der Waals surface area (Å²) in [5.74, 6) is 0. The Morgan fingerprint density at radius 3 is 1.80 bits per heavy atom. The number of hydrogen-bond acceptors (Lipinski definition) is 4. The molecule has 1 rings (SSSR count). The first-order valence-electron chi connectivity index (χ1n) is 3.94. The van der Waals surface area contributed by atoms with E-state index in [4.69, 9.17) is 10.4 Å². The van der Waals surface area contributed by atoms with Gasteiger partial charge in [0.05, 0.1) is 0 Å². The molecule has 1 aromatic carbocycles. The maximum absolute atomic E-state index is 8.60. The van der Waals surface area contributed by atoms with Gasteiger partial charge in [0.1, 0.15) is 0 Å². The van der Waals surface area contributed by atoms with Gasteiger partial charge >= 0.3 is 27.0 Å². The second-order valence-electron chi connectivity index (χ2n) is 2.91. The quantitative estimate of drug-likeness (QED) is 0.731. The molecule has 5 heteroatoms. The molecule has 87 valence electrons. The zero-order valence-electron chi connectivity index (χ0n) is 9.14. The fourth-order valence-electron chi connectivity index (χ4n) is 0.949. The summed E-state index contributed by atoms with van der Waals surface area (Å²) in [6.07, 6.45) is 0. The first kappa shape index (κ1) is 16.7. The van der Waals surface area contributed by atoms with Gasteiger partial charge in [-0.2, -0.15) is 0 Å². The van der Waals surface area contributed by atoms with E-state index >= 15 is 0 Å². The summed E-state index contributed by atoms with van der Waals surface area (Å²) >= 11 is -4.21. The molecule has 0 N–H and O–H groups in total. The Hall–Kier alpha value is -0.758. The number of nitrogens with zero attached hydrogens (tertiary/aromatic N) is 1. The zero-order chi connectivity index (χ0) is 11.0.